The van der Waals surface area contributed by atoms with Crippen LogP contribution in [0.25, 0.3) is 0 Å². The van der Waals surface area contributed by atoms with E-state index in [0.717, 1.165) is 49.7 Å². The molecule has 2 bridgehead atoms. The van der Waals surface area contributed by atoms with Gasteiger partial charge in [0.2, 0.25) is 5.91 Å². The summed E-state index contributed by atoms with van der Waals surface area (Å²) in [5, 5.41) is 0. The summed E-state index contributed by atoms with van der Waals surface area (Å²) < 4.78 is 0. The molecule has 2 aliphatic carbocycles. The van der Waals surface area contributed by atoms with Crippen molar-refractivity contribution in [2.45, 2.75) is 26.7 Å². The zero-order valence-electron chi connectivity index (χ0n) is 13.9. The first-order valence-corrected chi connectivity index (χ1v) is 8.63. The van der Waals surface area contributed by atoms with Gasteiger partial charge >= 0.3 is 0 Å². The second kappa shape index (κ2) is 5.62. The van der Waals surface area contributed by atoms with Crippen LogP contribution in [0.2, 0.25) is 0 Å². The Hall–Kier alpha value is -1.91. The second-order valence-electron chi connectivity index (χ2n) is 7.11. The summed E-state index contributed by atoms with van der Waals surface area (Å²) in [6.07, 6.45) is 8.45. The first-order valence-electron chi connectivity index (χ1n) is 8.63. The number of rotatable bonds is 2. The van der Waals surface area contributed by atoms with Crippen LogP contribution in [-0.2, 0) is 4.79 Å². The topological polar surface area (TPSA) is 49.3 Å². The van der Waals surface area contributed by atoms with Crippen LogP contribution in [0.15, 0.2) is 18.5 Å². The molecule has 1 amide bonds. The Morgan fingerprint density at radius 2 is 1.87 bits per heavy atom. The molecule has 0 aromatic carbocycles. The quantitative estimate of drug-likeness (QED) is 0.783. The van der Waals surface area contributed by atoms with E-state index in [1.54, 1.807) is 6.33 Å². The zero-order valence-corrected chi connectivity index (χ0v) is 13.9. The summed E-state index contributed by atoms with van der Waals surface area (Å²) >= 11 is 0. The van der Waals surface area contributed by atoms with Gasteiger partial charge in [0.15, 0.2) is 0 Å². The van der Waals surface area contributed by atoms with Crippen molar-refractivity contribution >= 4 is 11.7 Å². The molecule has 23 heavy (non-hydrogen) atoms. The van der Waals surface area contributed by atoms with Crippen LogP contribution < -0.4 is 4.90 Å². The van der Waals surface area contributed by atoms with Gasteiger partial charge in [-0.15, -0.1) is 0 Å². The summed E-state index contributed by atoms with van der Waals surface area (Å²) in [4.78, 5) is 25.8. The predicted molar refractivity (Wildman–Crippen MR) is 89.1 cm³/mol. The molecule has 1 saturated carbocycles. The highest BCUT2D eigenvalue weighted by Crippen LogP contribution is 2.44. The van der Waals surface area contributed by atoms with Gasteiger partial charge in [-0.05, 0) is 38.5 Å². The maximum atomic E-state index is 12.8. The number of piperazine rings is 1. The minimum absolute atomic E-state index is 0.236. The molecule has 1 aromatic heterocycles. The molecule has 5 heteroatoms. The Morgan fingerprint density at radius 1 is 1.09 bits per heavy atom. The molecule has 122 valence electrons. The van der Waals surface area contributed by atoms with E-state index in [9.17, 15) is 4.79 Å². The number of carbonyl (C=O) groups excluding carboxylic acids is 1. The van der Waals surface area contributed by atoms with Gasteiger partial charge in [-0.25, -0.2) is 9.97 Å². The molecule has 3 atom stereocenters. The molecule has 1 aliphatic heterocycles. The van der Waals surface area contributed by atoms with E-state index in [4.69, 9.17) is 0 Å². The van der Waals surface area contributed by atoms with Gasteiger partial charge in [0.05, 0.1) is 0 Å². The molecule has 2 heterocycles. The lowest BCUT2D eigenvalue weighted by molar-refractivity contribution is -0.136. The number of carbonyl (C=O) groups is 1. The third-order valence-electron chi connectivity index (χ3n) is 5.80. The Bertz CT molecular complexity index is 648. The number of hydrogen-bond donors (Lipinski definition) is 0. The number of aryl methyl sites for hydroxylation is 1. The van der Waals surface area contributed by atoms with Gasteiger partial charge in [-0.3, -0.25) is 4.79 Å². The molecule has 1 saturated heterocycles. The number of fused-ring (bicyclic) bond motifs is 2. The minimum atomic E-state index is 0.236. The molecular weight excluding hydrogens is 288 g/mol. The van der Waals surface area contributed by atoms with E-state index in [2.05, 4.69) is 38.8 Å². The van der Waals surface area contributed by atoms with Gasteiger partial charge in [-0.2, -0.15) is 0 Å². The highest BCUT2D eigenvalue weighted by Gasteiger charge is 2.41. The first kappa shape index (κ1) is 14.7. The molecule has 0 N–H and O–H groups in total. The summed E-state index contributed by atoms with van der Waals surface area (Å²) in [5.74, 6) is 2.78. The van der Waals surface area contributed by atoms with E-state index in [1.165, 1.54) is 6.42 Å². The lowest BCUT2D eigenvalue weighted by Gasteiger charge is -2.37. The standard InChI is InChI=1S/C18H24N4O/c1-12-13(2)19-11-20-17(12)21-5-7-22(8-6-21)18(23)16-10-14-3-4-15(16)9-14/h3-4,11,14-16H,5-10H2,1-2H3/t14-,15+,16+/m1/s1. The number of nitrogens with zero attached hydrogens (tertiary/aromatic N) is 4. The van der Waals surface area contributed by atoms with E-state index in [0.29, 0.717) is 17.7 Å². The maximum absolute atomic E-state index is 12.8. The van der Waals surface area contributed by atoms with Crippen molar-refractivity contribution in [2.75, 3.05) is 31.1 Å². The fourth-order valence-electron chi connectivity index (χ4n) is 4.28. The van der Waals surface area contributed by atoms with E-state index >= 15 is 0 Å². The molecule has 5 nitrogen and oxygen atoms in total. The van der Waals surface area contributed by atoms with Crippen LogP contribution in [0.5, 0.6) is 0 Å². The summed E-state index contributed by atoms with van der Waals surface area (Å²) in [5.41, 5.74) is 2.17. The van der Waals surface area contributed by atoms with Gasteiger partial charge in [0.1, 0.15) is 12.1 Å². The van der Waals surface area contributed by atoms with Crippen LogP contribution in [0.1, 0.15) is 24.1 Å². The minimum Gasteiger partial charge on any atom is -0.353 e. The molecule has 0 spiro atoms. The highest BCUT2D eigenvalue weighted by atomic mass is 16.2. The van der Waals surface area contributed by atoms with Crippen molar-refractivity contribution in [2.24, 2.45) is 17.8 Å². The van der Waals surface area contributed by atoms with Crippen LogP contribution in [0, 0.1) is 31.6 Å². The third-order valence-corrected chi connectivity index (χ3v) is 5.80. The lowest BCUT2D eigenvalue weighted by atomic mass is 9.92. The van der Waals surface area contributed by atoms with E-state index < -0.39 is 0 Å². The van der Waals surface area contributed by atoms with Gasteiger partial charge in [-0.1, -0.05) is 12.2 Å². The average molecular weight is 312 g/mol. The van der Waals surface area contributed by atoms with Crippen molar-refractivity contribution in [1.82, 2.24) is 14.9 Å². The number of amides is 1. The molecule has 1 aromatic rings. The number of allylic oxidation sites excluding steroid dienone is 2. The highest BCUT2D eigenvalue weighted by molar-refractivity contribution is 5.80. The molecule has 4 rings (SSSR count). The van der Waals surface area contributed by atoms with Crippen molar-refractivity contribution in [3.8, 4) is 0 Å². The number of anilines is 1. The van der Waals surface area contributed by atoms with Crippen LogP contribution in [0.3, 0.4) is 0 Å². The first-order chi connectivity index (χ1) is 11.1. The monoisotopic (exact) mass is 312 g/mol. The van der Waals surface area contributed by atoms with E-state index in [-0.39, 0.29) is 5.92 Å². The van der Waals surface area contributed by atoms with Gasteiger partial charge in [0.25, 0.3) is 0 Å². The number of aromatic nitrogens is 2. The second-order valence-corrected chi connectivity index (χ2v) is 7.11. The molecular formula is C18H24N4O. The van der Waals surface area contributed by atoms with Crippen LogP contribution in [0.4, 0.5) is 5.82 Å². The van der Waals surface area contributed by atoms with Crippen molar-refractivity contribution in [3.05, 3.63) is 29.7 Å². The summed E-state index contributed by atoms with van der Waals surface area (Å²) in [6.45, 7) is 7.42. The third kappa shape index (κ3) is 2.52. The Balaban J connectivity index is 1.40. The Morgan fingerprint density at radius 3 is 2.52 bits per heavy atom. The molecule has 0 radical (unpaired) electrons. The van der Waals surface area contributed by atoms with Gasteiger partial charge < -0.3 is 9.80 Å². The van der Waals surface area contributed by atoms with Crippen molar-refractivity contribution in [3.63, 3.8) is 0 Å². The summed E-state index contributed by atoms with van der Waals surface area (Å²) in [6, 6.07) is 0. The fourth-order valence-corrected chi connectivity index (χ4v) is 4.28. The van der Waals surface area contributed by atoms with Crippen molar-refractivity contribution in [1.29, 1.82) is 0 Å². The predicted octanol–water partition coefficient (Wildman–Crippen LogP) is 1.95. The average Bonchev–Trinajstić information content (AvgIpc) is 3.20. The molecule has 2 fully saturated rings. The number of hydrogen-bond acceptors (Lipinski definition) is 4. The van der Waals surface area contributed by atoms with Crippen LogP contribution >= 0.6 is 0 Å². The zero-order chi connectivity index (χ0) is 16.0. The Labute approximate surface area is 137 Å². The fraction of sp³-hybridized carbons (Fsp3) is 0.611. The molecule has 3 aliphatic rings. The smallest absolute Gasteiger partial charge is 0.226 e. The largest absolute Gasteiger partial charge is 0.353 e. The normalized spacial score (nSPS) is 29.4. The van der Waals surface area contributed by atoms with Crippen LogP contribution in [-0.4, -0.2) is 47.0 Å². The Kier molecular flexibility index (Phi) is 3.58. The SMILES string of the molecule is Cc1ncnc(N2CCN(C(=O)[C@H]3C[C@@H]4C=C[C@H]3C4)CC2)c1C. The van der Waals surface area contributed by atoms with E-state index in [1.807, 2.05) is 6.92 Å². The molecule has 0 unspecified atom stereocenters. The summed E-state index contributed by atoms with van der Waals surface area (Å²) in [7, 11) is 0. The maximum Gasteiger partial charge on any atom is 0.226 e. The van der Waals surface area contributed by atoms with Crippen molar-refractivity contribution < 1.29 is 4.79 Å². The van der Waals surface area contributed by atoms with Gasteiger partial charge in [0, 0.05) is 43.4 Å². The lowest BCUT2D eigenvalue weighted by Crippen LogP contribution is -2.51.